The van der Waals surface area contributed by atoms with Gasteiger partial charge >= 0.3 is 0 Å². The van der Waals surface area contributed by atoms with Crippen molar-refractivity contribution in [2.24, 2.45) is 0 Å². The minimum Gasteiger partial charge on any atom is -0.297 e. The van der Waals surface area contributed by atoms with Gasteiger partial charge < -0.3 is 0 Å². The SMILES string of the molecule is CS(=O)(=O)Cn1c(Br)nc(Br)c1Br. The van der Waals surface area contributed by atoms with Crippen molar-refractivity contribution in [3.05, 3.63) is 13.9 Å². The molecular formula is C5H5Br3N2O2S. The van der Waals surface area contributed by atoms with E-state index in [-0.39, 0.29) is 5.88 Å². The Bertz CT molecular complexity index is 425. The predicted molar refractivity (Wildman–Crippen MR) is 60.2 cm³/mol. The molecule has 0 atom stereocenters. The quantitative estimate of drug-likeness (QED) is 0.769. The lowest BCUT2D eigenvalue weighted by Crippen LogP contribution is -2.09. The second-order valence-electron chi connectivity index (χ2n) is 2.45. The van der Waals surface area contributed by atoms with Crippen LogP contribution in [-0.4, -0.2) is 24.2 Å². The third kappa shape index (κ3) is 3.03. The molecule has 0 bridgehead atoms. The molecule has 1 heterocycles. The summed E-state index contributed by atoms with van der Waals surface area (Å²) in [7, 11) is -3.07. The fourth-order valence-corrected chi connectivity index (χ4v) is 3.50. The highest BCUT2D eigenvalue weighted by molar-refractivity contribution is 9.13. The molecule has 74 valence electrons. The molecule has 0 fully saturated rings. The number of imidazole rings is 1. The van der Waals surface area contributed by atoms with Gasteiger partial charge in [0.25, 0.3) is 0 Å². The summed E-state index contributed by atoms with van der Waals surface area (Å²) in [6.45, 7) is 0. The van der Waals surface area contributed by atoms with E-state index in [0.717, 1.165) is 0 Å². The Balaban J connectivity index is 3.15. The summed E-state index contributed by atoms with van der Waals surface area (Å²) in [5.74, 6) is -0.104. The van der Waals surface area contributed by atoms with Gasteiger partial charge in [0.1, 0.15) is 15.1 Å². The van der Waals surface area contributed by atoms with Crippen LogP contribution in [-0.2, 0) is 15.7 Å². The number of sulfone groups is 1. The van der Waals surface area contributed by atoms with Crippen LogP contribution in [0.2, 0.25) is 0 Å². The summed E-state index contributed by atoms with van der Waals surface area (Å²) in [6.07, 6.45) is 1.17. The summed E-state index contributed by atoms with van der Waals surface area (Å²) in [6, 6.07) is 0. The Labute approximate surface area is 101 Å². The molecule has 0 N–H and O–H groups in total. The van der Waals surface area contributed by atoms with E-state index in [4.69, 9.17) is 0 Å². The second-order valence-corrected chi connectivity index (χ2v) is 6.77. The molecule has 1 aromatic heterocycles. The zero-order valence-corrected chi connectivity index (χ0v) is 12.0. The normalized spacial score (nSPS) is 12.0. The number of rotatable bonds is 2. The molecule has 0 radical (unpaired) electrons. The van der Waals surface area contributed by atoms with E-state index in [1.54, 1.807) is 0 Å². The van der Waals surface area contributed by atoms with Gasteiger partial charge in [0.05, 0.1) is 0 Å². The van der Waals surface area contributed by atoms with Gasteiger partial charge in [-0.25, -0.2) is 13.4 Å². The monoisotopic (exact) mass is 394 g/mol. The third-order valence-corrected chi connectivity index (χ3v) is 4.41. The average Bonchev–Trinajstić information content (AvgIpc) is 2.14. The third-order valence-electron chi connectivity index (χ3n) is 1.18. The van der Waals surface area contributed by atoms with Crippen LogP contribution in [0.1, 0.15) is 0 Å². The van der Waals surface area contributed by atoms with Gasteiger partial charge in [-0.3, -0.25) is 4.57 Å². The maximum absolute atomic E-state index is 11.0. The van der Waals surface area contributed by atoms with E-state index in [1.165, 1.54) is 10.8 Å². The van der Waals surface area contributed by atoms with Crippen molar-refractivity contribution in [3.8, 4) is 0 Å². The van der Waals surface area contributed by atoms with Gasteiger partial charge in [0, 0.05) is 6.26 Å². The number of hydrogen-bond donors (Lipinski definition) is 0. The van der Waals surface area contributed by atoms with Crippen molar-refractivity contribution in [2.45, 2.75) is 5.88 Å². The summed E-state index contributed by atoms with van der Waals surface area (Å²) < 4.78 is 25.2. The van der Waals surface area contributed by atoms with Crippen LogP contribution in [0, 0.1) is 0 Å². The first-order valence-corrected chi connectivity index (χ1v) is 7.50. The first-order chi connectivity index (χ1) is 5.81. The zero-order valence-electron chi connectivity index (χ0n) is 6.46. The summed E-state index contributed by atoms with van der Waals surface area (Å²) in [5, 5.41) is 0. The van der Waals surface area contributed by atoms with Crippen molar-refractivity contribution in [2.75, 3.05) is 6.26 Å². The summed E-state index contributed by atoms with van der Waals surface area (Å²) in [5.41, 5.74) is 0. The van der Waals surface area contributed by atoms with Crippen LogP contribution in [0.15, 0.2) is 13.9 Å². The fraction of sp³-hybridized carbons (Fsp3) is 0.400. The van der Waals surface area contributed by atoms with Gasteiger partial charge in [0.15, 0.2) is 14.6 Å². The van der Waals surface area contributed by atoms with Crippen LogP contribution in [0.3, 0.4) is 0 Å². The molecule has 4 nitrogen and oxygen atoms in total. The maximum Gasteiger partial charge on any atom is 0.180 e. The van der Waals surface area contributed by atoms with E-state index in [2.05, 4.69) is 52.8 Å². The Morgan fingerprint density at radius 1 is 1.38 bits per heavy atom. The zero-order chi connectivity index (χ0) is 10.2. The Kier molecular flexibility index (Phi) is 3.59. The second kappa shape index (κ2) is 4.00. The lowest BCUT2D eigenvalue weighted by Gasteiger charge is -2.02. The smallest absolute Gasteiger partial charge is 0.180 e. The highest BCUT2D eigenvalue weighted by Gasteiger charge is 2.14. The topological polar surface area (TPSA) is 52.0 Å². The van der Waals surface area contributed by atoms with E-state index in [9.17, 15) is 8.42 Å². The number of halogens is 3. The van der Waals surface area contributed by atoms with Crippen molar-refractivity contribution in [1.82, 2.24) is 9.55 Å². The molecule has 0 aliphatic rings. The van der Waals surface area contributed by atoms with E-state index in [0.29, 0.717) is 13.9 Å². The van der Waals surface area contributed by atoms with Crippen molar-refractivity contribution in [1.29, 1.82) is 0 Å². The maximum atomic E-state index is 11.0. The Morgan fingerprint density at radius 2 is 1.92 bits per heavy atom. The number of nitrogens with zero attached hydrogens (tertiary/aromatic N) is 2. The average molecular weight is 397 g/mol. The lowest BCUT2D eigenvalue weighted by molar-refractivity contribution is 0.588. The molecule has 1 aromatic rings. The Hall–Kier alpha value is 0.600. The van der Waals surface area contributed by atoms with Crippen LogP contribution in [0.4, 0.5) is 0 Å². The van der Waals surface area contributed by atoms with E-state index >= 15 is 0 Å². The molecule has 0 amide bonds. The van der Waals surface area contributed by atoms with Gasteiger partial charge in [-0.05, 0) is 47.8 Å². The Morgan fingerprint density at radius 3 is 2.23 bits per heavy atom. The van der Waals surface area contributed by atoms with Crippen LogP contribution in [0.25, 0.3) is 0 Å². The van der Waals surface area contributed by atoms with Crippen LogP contribution < -0.4 is 0 Å². The molecule has 0 aliphatic carbocycles. The highest BCUT2D eigenvalue weighted by atomic mass is 79.9. The predicted octanol–water partition coefficient (Wildman–Crippen LogP) is 2.17. The molecule has 13 heavy (non-hydrogen) atoms. The molecule has 0 aliphatic heterocycles. The molecular weight excluding hydrogens is 392 g/mol. The highest BCUT2D eigenvalue weighted by Crippen LogP contribution is 2.27. The fourth-order valence-electron chi connectivity index (χ4n) is 0.724. The largest absolute Gasteiger partial charge is 0.297 e. The van der Waals surface area contributed by atoms with Gasteiger partial charge in [-0.1, -0.05) is 0 Å². The first kappa shape index (κ1) is 11.7. The molecule has 1 rings (SSSR count). The molecule has 0 spiro atoms. The van der Waals surface area contributed by atoms with Crippen LogP contribution in [0.5, 0.6) is 0 Å². The molecule has 0 aromatic carbocycles. The van der Waals surface area contributed by atoms with Gasteiger partial charge in [0.2, 0.25) is 0 Å². The van der Waals surface area contributed by atoms with E-state index < -0.39 is 9.84 Å². The van der Waals surface area contributed by atoms with Crippen molar-refractivity contribution in [3.63, 3.8) is 0 Å². The molecule has 0 saturated heterocycles. The van der Waals surface area contributed by atoms with Crippen molar-refractivity contribution < 1.29 is 8.42 Å². The summed E-state index contributed by atoms with van der Waals surface area (Å²) in [4.78, 5) is 3.98. The number of aromatic nitrogens is 2. The van der Waals surface area contributed by atoms with Gasteiger partial charge in [-0.2, -0.15) is 0 Å². The van der Waals surface area contributed by atoms with Crippen molar-refractivity contribution >= 4 is 57.6 Å². The van der Waals surface area contributed by atoms with E-state index in [1.807, 2.05) is 0 Å². The molecule has 8 heteroatoms. The minimum atomic E-state index is -3.07. The first-order valence-electron chi connectivity index (χ1n) is 3.06. The molecule has 0 unspecified atom stereocenters. The van der Waals surface area contributed by atoms with Crippen LogP contribution >= 0.6 is 47.8 Å². The van der Waals surface area contributed by atoms with Gasteiger partial charge in [-0.15, -0.1) is 0 Å². The number of hydrogen-bond acceptors (Lipinski definition) is 3. The lowest BCUT2D eigenvalue weighted by atomic mass is 10.9. The minimum absolute atomic E-state index is 0.104. The summed E-state index contributed by atoms with van der Waals surface area (Å²) >= 11 is 9.53. The molecule has 0 saturated carbocycles. The standard InChI is InChI=1S/C5H5Br3N2O2S/c1-13(11,12)2-10-4(7)3(6)9-5(10)8/h2H2,1H3.